The zero-order chi connectivity index (χ0) is 23.2. The predicted molar refractivity (Wildman–Crippen MR) is 116 cm³/mol. The molecule has 0 radical (unpaired) electrons. The lowest BCUT2D eigenvalue weighted by atomic mass is 10.0. The zero-order valence-electron chi connectivity index (χ0n) is 17.7. The Balaban J connectivity index is 2.21. The quantitative estimate of drug-likeness (QED) is 0.548. The van der Waals surface area contributed by atoms with E-state index in [4.69, 9.17) is 14.2 Å². The van der Waals surface area contributed by atoms with Gasteiger partial charge < -0.3 is 24.6 Å². The Labute approximate surface area is 188 Å². The minimum atomic E-state index is -1.34. The number of nitrogens with one attached hydrogen (secondary N) is 1. The van der Waals surface area contributed by atoms with Gasteiger partial charge in [0.25, 0.3) is 0 Å². The first-order valence-electron chi connectivity index (χ1n) is 9.44. The molecule has 1 amide bonds. The van der Waals surface area contributed by atoms with Crippen molar-refractivity contribution >= 4 is 28.0 Å². The second kappa shape index (κ2) is 10.5. The van der Waals surface area contributed by atoms with Gasteiger partial charge in [0.1, 0.15) is 35.6 Å². The molecule has 0 heterocycles. The average molecular weight is 498 g/mol. The molecule has 0 spiro atoms. The number of rotatable bonds is 8. The Hall–Kier alpha value is -2.81. The van der Waals surface area contributed by atoms with Crippen molar-refractivity contribution in [1.29, 1.82) is 0 Å². The van der Waals surface area contributed by atoms with Gasteiger partial charge >= 0.3 is 12.1 Å². The number of methoxy groups -OCH3 is 1. The van der Waals surface area contributed by atoms with Crippen molar-refractivity contribution in [2.75, 3.05) is 7.11 Å². The number of carboxylic acid groups (broad SMARTS) is 1. The van der Waals surface area contributed by atoms with E-state index in [-0.39, 0.29) is 24.3 Å². The minimum Gasteiger partial charge on any atom is -0.497 e. The summed E-state index contributed by atoms with van der Waals surface area (Å²) >= 11 is 3.27. The van der Waals surface area contributed by atoms with Gasteiger partial charge in [0.2, 0.25) is 0 Å². The molecule has 0 aliphatic heterocycles. The van der Waals surface area contributed by atoms with Crippen molar-refractivity contribution < 1.29 is 33.3 Å². The molecule has 0 saturated heterocycles. The van der Waals surface area contributed by atoms with E-state index >= 15 is 0 Å². The van der Waals surface area contributed by atoms with Crippen LogP contribution in [0, 0.1) is 5.82 Å². The van der Waals surface area contributed by atoms with E-state index in [2.05, 4.69) is 21.2 Å². The van der Waals surface area contributed by atoms with Gasteiger partial charge in [-0.15, -0.1) is 0 Å². The van der Waals surface area contributed by atoms with Crippen LogP contribution < -0.4 is 14.8 Å². The third-order valence-corrected chi connectivity index (χ3v) is 4.63. The third-order valence-electron chi connectivity index (χ3n) is 4.04. The monoisotopic (exact) mass is 497 g/mol. The van der Waals surface area contributed by atoms with Crippen molar-refractivity contribution in [3.8, 4) is 11.5 Å². The first-order valence-corrected chi connectivity index (χ1v) is 10.2. The fourth-order valence-electron chi connectivity index (χ4n) is 2.67. The number of hydrogen-bond acceptors (Lipinski definition) is 5. The number of hydrogen-bond donors (Lipinski definition) is 2. The van der Waals surface area contributed by atoms with Crippen LogP contribution in [0.5, 0.6) is 11.5 Å². The Kier molecular flexibility index (Phi) is 8.27. The number of benzene rings is 2. The topological polar surface area (TPSA) is 94.1 Å². The maximum atomic E-state index is 14.0. The molecule has 2 aromatic rings. The Morgan fingerprint density at radius 2 is 1.84 bits per heavy atom. The molecule has 0 saturated carbocycles. The van der Waals surface area contributed by atoms with E-state index in [1.165, 1.54) is 12.1 Å². The number of halogens is 2. The van der Waals surface area contributed by atoms with Gasteiger partial charge in [-0.2, -0.15) is 0 Å². The van der Waals surface area contributed by atoms with Gasteiger partial charge in [-0.3, -0.25) is 0 Å². The van der Waals surface area contributed by atoms with E-state index in [9.17, 15) is 19.1 Å². The summed E-state index contributed by atoms with van der Waals surface area (Å²) in [7, 11) is 1.57. The van der Waals surface area contributed by atoms with E-state index in [1.807, 2.05) is 12.1 Å². The summed E-state index contributed by atoms with van der Waals surface area (Å²) in [4.78, 5) is 23.7. The standard InChI is InChI=1S/C22H25BrFNO6/c1-22(2,3)31-21(28)25-18(20(26)27)10-14-9-15(24)11-17(23)19(14)30-12-13-5-7-16(29-4)8-6-13/h5-9,11,18H,10,12H2,1-4H3,(H,25,28)(H,26,27)/t18-/m0/s1. The van der Waals surface area contributed by atoms with Crippen molar-refractivity contribution in [2.24, 2.45) is 0 Å². The van der Waals surface area contributed by atoms with Crippen molar-refractivity contribution in [3.05, 3.63) is 57.8 Å². The van der Waals surface area contributed by atoms with Crippen LogP contribution >= 0.6 is 15.9 Å². The first kappa shape index (κ1) is 24.5. The normalized spacial score (nSPS) is 12.1. The molecular formula is C22H25BrFNO6. The number of carbonyl (C=O) groups is 2. The van der Waals surface area contributed by atoms with Crippen molar-refractivity contribution in [2.45, 2.75) is 45.4 Å². The molecule has 0 fully saturated rings. The highest BCUT2D eigenvalue weighted by Gasteiger charge is 2.26. The van der Waals surface area contributed by atoms with Crippen LogP contribution in [0.25, 0.3) is 0 Å². The highest BCUT2D eigenvalue weighted by Crippen LogP contribution is 2.32. The third kappa shape index (κ3) is 7.75. The van der Waals surface area contributed by atoms with Gasteiger partial charge in [0.15, 0.2) is 0 Å². The van der Waals surface area contributed by atoms with Gasteiger partial charge in [-0.25, -0.2) is 14.0 Å². The SMILES string of the molecule is COc1ccc(COc2c(Br)cc(F)cc2C[C@H](NC(=O)OC(C)(C)C)C(=O)O)cc1. The van der Waals surface area contributed by atoms with Crippen LogP contribution in [0.1, 0.15) is 31.9 Å². The smallest absolute Gasteiger partial charge is 0.408 e. The molecule has 0 bridgehead atoms. The molecule has 0 aromatic heterocycles. The van der Waals surface area contributed by atoms with E-state index < -0.39 is 29.5 Å². The number of amides is 1. The Morgan fingerprint density at radius 3 is 2.39 bits per heavy atom. The molecule has 31 heavy (non-hydrogen) atoms. The van der Waals surface area contributed by atoms with Crippen molar-refractivity contribution in [3.63, 3.8) is 0 Å². The van der Waals surface area contributed by atoms with E-state index in [0.717, 1.165) is 5.56 Å². The van der Waals surface area contributed by atoms with Crippen LogP contribution in [-0.4, -0.2) is 35.9 Å². The second-order valence-corrected chi connectivity index (χ2v) is 8.61. The molecule has 2 rings (SSSR count). The number of carboxylic acids is 1. The van der Waals surface area contributed by atoms with Crippen LogP contribution in [0.15, 0.2) is 40.9 Å². The largest absolute Gasteiger partial charge is 0.497 e. The van der Waals surface area contributed by atoms with Crippen LogP contribution in [-0.2, 0) is 22.6 Å². The lowest BCUT2D eigenvalue weighted by molar-refractivity contribution is -0.139. The van der Waals surface area contributed by atoms with Crippen LogP contribution in [0.3, 0.4) is 0 Å². The number of ether oxygens (including phenoxy) is 3. The zero-order valence-corrected chi connectivity index (χ0v) is 19.3. The lowest BCUT2D eigenvalue weighted by Crippen LogP contribution is -2.44. The minimum absolute atomic E-state index is 0.165. The summed E-state index contributed by atoms with van der Waals surface area (Å²) in [6.07, 6.45) is -1.08. The summed E-state index contributed by atoms with van der Waals surface area (Å²) < 4.78 is 30.5. The molecule has 2 N–H and O–H groups in total. The maximum Gasteiger partial charge on any atom is 0.408 e. The second-order valence-electron chi connectivity index (χ2n) is 7.75. The molecule has 168 valence electrons. The fourth-order valence-corrected chi connectivity index (χ4v) is 3.26. The van der Waals surface area contributed by atoms with Crippen LogP contribution in [0.2, 0.25) is 0 Å². The van der Waals surface area contributed by atoms with Crippen molar-refractivity contribution in [1.82, 2.24) is 5.32 Å². The highest BCUT2D eigenvalue weighted by molar-refractivity contribution is 9.10. The number of carbonyl (C=O) groups excluding carboxylic acids is 1. The summed E-state index contributed by atoms with van der Waals surface area (Å²) in [6.45, 7) is 5.16. The Bertz CT molecular complexity index is 927. The molecule has 7 nitrogen and oxygen atoms in total. The molecule has 0 aliphatic carbocycles. The number of aliphatic carboxylic acids is 1. The van der Waals surface area contributed by atoms with Gasteiger partial charge in [-0.05, 0) is 66.5 Å². The highest BCUT2D eigenvalue weighted by atomic mass is 79.9. The summed E-state index contributed by atoms with van der Waals surface area (Å²) in [5, 5.41) is 11.8. The Morgan fingerprint density at radius 1 is 1.19 bits per heavy atom. The molecule has 0 unspecified atom stereocenters. The molecule has 2 aromatic carbocycles. The lowest BCUT2D eigenvalue weighted by Gasteiger charge is -2.22. The summed E-state index contributed by atoms with van der Waals surface area (Å²) in [6, 6.07) is 8.27. The molecule has 1 atom stereocenters. The van der Waals surface area contributed by atoms with Gasteiger partial charge in [-0.1, -0.05) is 12.1 Å². The number of alkyl carbamates (subject to hydrolysis) is 1. The van der Waals surface area contributed by atoms with E-state index in [1.54, 1.807) is 40.0 Å². The summed E-state index contributed by atoms with van der Waals surface area (Å²) in [5.41, 5.74) is 0.329. The van der Waals surface area contributed by atoms with E-state index in [0.29, 0.717) is 10.2 Å². The first-order chi connectivity index (χ1) is 14.5. The van der Waals surface area contributed by atoms with Gasteiger partial charge in [0.05, 0.1) is 11.6 Å². The molecule has 9 heteroatoms. The molecular weight excluding hydrogens is 473 g/mol. The fraction of sp³-hybridized carbons (Fsp3) is 0.364. The maximum absolute atomic E-state index is 14.0. The molecule has 0 aliphatic rings. The average Bonchev–Trinajstić information content (AvgIpc) is 2.65. The van der Waals surface area contributed by atoms with Gasteiger partial charge in [0, 0.05) is 12.0 Å². The van der Waals surface area contributed by atoms with Crippen LogP contribution in [0.4, 0.5) is 9.18 Å². The summed E-state index contributed by atoms with van der Waals surface area (Å²) in [5.74, 6) is -0.869. The predicted octanol–water partition coefficient (Wildman–Crippen LogP) is 4.70.